The van der Waals surface area contributed by atoms with Gasteiger partial charge in [0.1, 0.15) is 10.8 Å². The highest BCUT2D eigenvalue weighted by molar-refractivity contribution is 7.98. The zero-order valence-electron chi connectivity index (χ0n) is 12.8. The summed E-state index contributed by atoms with van der Waals surface area (Å²) in [5, 5.41) is 1.63. The van der Waals surface area contributed by atoms with Gasteiger partial charge in [-0.05, 0) is 26.5 Å². The van der Waals surface area contributed by atoms with Crippen molar-refractivity contribution in [3.05, 3.63) is 28.4 Å². The molecule has 6 heteroatoms. The average molecular weight is 320 g/mol. The summed E-state index contributed by atoms with van der Waals surface area (Å²) in [7, 11) is 0. The topological polar surface area (TPSA) is 64.7 Å². The first-order valence-corrected chi connectivity index (χ1v) is 8.93. The Labute approximate surface area is 133 Å². The molecular weight excluding hydrogens is 300 g/mol. The molecule has 0 atom stereocenters. The van der Waals surface area contributed by atoms with Crippen LogP contribution in [0.1, 0.15) is 30.1 Å². The maximum Gasteiger partial charge on any atom is 0.189 e. The standard InChI is InChI=1S/C15H20N4S2/c1-5-7-8-10-11(6-2)21-14(18-10)12-9(3)17-15(20-4)19-13(12)16/h5,7H,6,8H2,1-4H3,(H2,16,17,19)/b7-5-. The smallest absolute Gasteiger partial charge is 0.189 e. The Kier molecular flexibility index (Phi) is 5.36. The summed E-state index contributed by atoms with van der Waals surface area (Å²) >= 11 is 3.19. The molecule has 2 aromatic heterocycles. The van der Waals surface area contributed by atoms with Crippen LogP contribution in [0.15, 0.2) is 17.3 Å². The van der Waals surface area contributed by atoms with Crippen molar-refractivity contribution < 1.29 is 0 Å². The van der Waals surface area contributed by atoms with Crippen molar-refractivity contribution >= 4 is 28.9 Å². The molecule has 0 fully saturated rings. The van der Waals surface area contributed by atoms with Crippen LogP contribution in [-0.2, 0) is 12.8 Å². The number of aryl methyl sites for hydroxylation is 2. The lowest BCUT2D eigenvalue weighted by Gasteiger charge is -2.06. The maximum absolute atomic E-state index is 6.12. The van der Waals surface area contributed by atoms with Gasteiger partial charge < -0.3 is 5.73 Å². The van der Waals surface area contributed by atoms with Crippen LogP contribution < -0.4 is 5.73 Å². The predicted octanol–water partition coefficient (Wildman–Crippen LogP) is 3.89. The van der Waals surface area contributed by atoms with Crippen molar-refractivity contribution in [3.8, 4) is 10.6 Å². The molecule has 0 amide bonds. The normalized spacial score (nSPS) is 11.4. The first-order chi connectivity index (χ1) is 10.1. The van der Waals surface area contributed by atoms with Crippen LogP contribution in [0.5, 0.6) is 0 Å². The van der Waals surface area contributed by atoms with Gasteiger partial charge in [0.05, 0.1) is 17.0 Å². The van der Waals surface area contributed by atoms with Crippen molar-refractivity contribution in [2.45, 2.75) is 38.8 Å². The molecule has 2 heterocycles. The quantitative estimate of drug-likeness (QED) is 0.514. The first kappa shape index (κ1) is 16.0. The van der Waals surface area contributed by atoms with Gasteiger partial charge in [-0.3, -0.25) is 0 Å². The van der Waals surface area contributed by atoms with Crippen LogP contribution in [0.25, 0.3) is 10.6 Å². The van der Waals surface area contributed by atoms with Crippen molar-refractivity contribution in [3.63, 3.8) is 0 Å². The zero-order valence-corrected chi connectivity index (χ0v) is 14.4. The van der Waals surface area contributed by atoms with Crippen LogP contribution in [0.2, 0.25) is 0 Å². The van der Waals surface area contributed by atoms with Crippen LogP contribution in [0.4, 0.5) is 5.82 Å². The molecule has 0 unspecified atom stereocenters. The number of allylic oxidation sites excluding steroid dienone is 2. The van der Waals surface area contributed by atoms with E-state index in [1.54, 1.807) is 11.3 Å². The summed E-state index contributed by atoms with van der Waals surface area (Å²) in [5.74, 6) is 0.515. The number of anilines is 1. The van der Waals surface area contributed by atoms with E-state index in [2.05, 4.69) is 29.0 Å². The Balaban J connectivity index is 2.49. The third kappa shape index (κ3) is 3.44. The molecule has 0 aromatic carbocycles. The third-order valence-corrected chi connectivity index (χ3v) is 4.95. The van der Waals surface area contributed by atoms with Gasteiger partial charge in [-0.15, -0.1) is 11.3 Å². The van der Waals surface area contributed by atoms with Gasteiger partial charge in [-0.1, -0.05) is 30.8 Å². The molecule has 0 radical (unpaired) electrons. The van der Waals surface area contributed by atoms with Gasteiger partial charge in [-0.2, -0.15) is 0 Å². The van der Waals surface area contributed by atoms with Gasteiger partial charge in [0.2, 0.25) is 0 Å². The molecule has 0 spiro atoms. The molecule has 2 rings (SSSR count). The number of aromatic nitrogens is 3. The molecule has 0 saturated heterocycles. The molecule has 2 N–H and O–H groups in total. The Morgan fingerprint density at radius 3 is 2.62 bits per heavy atom. The highest BCUT2D eigenvalue weighted by Gasteiger charge is 2.17. The first-order valence-electron chi connectivity index (χ1n) is 6.88. The predicted molar refractivity (Wildman–Crippen MR) is 92.0 cm³/mol. The summed E-state index contributed by atoms with van der Waals surface area (Å²) in [4.78, 5) is 14.9. The second-order valence-electron chi connectivity index (χ2n) is 4.57. The monoisotopic (exact) mass is 320 g/mol. The lowest BCUT2D eigenvalue weighted by atomic mass is 10.2. The van der Waals surface area contributed by atoms with Crippen molar-refractivity contribution in [1.82, 2.24) is 15.0 Å². The Morgan fingerprint density at radius 2 is 2.05 bits per heavy atom. The number of hydrogen-bond donors (Lipinski definition) is 1. The summed E-state index contributed by atoms with van der Waals surface area (Å²) in [6.45, 7) is 6.14. The van der Waals surface area contributed by atoms with E-state index in [9.17, 15) is 0 Å². The van der Waals surface area contributed by atoms with E-state index in [-0.39, 0.29) is 0 Å². The fourth-order valence-electron chi connectivity index (χ4n) is 2.08. The van der Waals surface area contributed by atoms with Gasteiger partial charge >= 0.3 is 0 Å². The minimum Gasteiger partial charge on any atom is -0.383 e. The van der Waals surface area contributed by atoms with E-state index in [1.165, 1.54) is 16.6 Å². The molecule has 0 aliphatic heterocycles. The van der Waals surface area contributed by atoms with Gasteiger partial charge in [0, 0.05) is 11.3 Å². The van der Waals surface area contributed by atoms with Crippen LogP contribution in [0, 0.1) is 6.92 Å². The lowest BCUT2D eigenvalue weighted by molar-refractivity contribution is 0.945. The minimum atomic E-state index is 0.515. The zero-order chi connectivity index (χ0) is 15.4. The fourth-order valence-corrected chi connectivity index (χ4v) is 3.63. The van der Waals surface area contributed by atoms with Crippen LogP contribution >= 0.6 is 23.1 Å². The molecule has 112 valence electrons. The Bertz CT molecular complexity index is 639. The molecule has 2 aromatic rings. The van der Waals surface area contributed by atoms with E-state index < -0.39 is 0 Å². The Morgan fingerprint density at radius 1 is 1.29 bits per heavy atom. The van der Waals surface area contributed by atoms with E-state index in [1.807, 2.05) is 20.1 Å². The number of nitrogens with zero attached hydrogens (tertiary/aromatic N) is 3. The SMILES string of the molecule is C/C=C\Cc1nc(-c2c(C)nc(SC)nc2N)sc1CC. The number of hydrogen-bond acceptors (Lipinski definition) is 6. The largest absolute Gasteiger partial charge is 0.383 e. The minimum absolute atomic E-state index is 0.515. The summed E-state index contributed by atoms with van der Waals surface area (Å²) in [6, 6.07) is 0. The number of nitrogens with two attached hydrogens (primary N) is 1. The number of rotatable bonds is 5. The molecule has 0 saturated carbocycles. The van der Waals surface area contributed by atoms with Gasteiger partial charge in [-0.25, -0.2) is 15.0 Å². The average Bonchev–Trinajstić information content (AvgIpc) is 2.87. The second-order valence-corrected chi connectivity index (χ2v) is 6.43. The molecule has 21 heavy (non-hydrogen) atoms. The number of nitrogen functional groups attached to an aromatic ring is 1. The van der Waals surface area contributed by atoms with E-state index in [0.29, 0.717) is 11.0 Å². The van der Waals surface area contributed by atoms with E-state index in [0.717, 1.165) is 34.8 Å². The number of thiazole rings is 1. The molecule has 0 aliphatic rings. The van der Waals surface area contributed by atoms with Crippen LogP contribution in [0.3, 0.4) is 0 Å². The van der Waals surface area contributed by atoms with Crippen molar-refractivity contribution in [2.75, 3.05) is 12.0 Å². The Hall–Kier alpha value is -1.40. The lowest BCUT2D eigenvalue weighted by Crippen LogP contribution is -2.01. The van der Waals surface area contributed by atoms with Gasteiger partial charge in [0.15, 0.2) is 5.16 Å². The highest BCUT2D eigenvalue weighted by Crippen LogP contribution is 2.34. The van der Waals surface area contributed by atoms with Crippen LogP contribution in [-0.4, -0.2) is 21.2 Å². The number of thioether (sulfide) groups is 1. The molecular formula is C15H20N4S2. The molecule has 0 bridgehead atoms. The third-order valence-electron chi connectivity index (χ3n) is 3.14. The second kappa shape index (κ2) is 7.04. The van der Waals surface area contributed by atoms with E-state index in [4.69, 9.17) is 10.7 Å². The van der Waals surface area contributed by atoms with E-state index >= 15 is 0 Å². The van der Waals surface area contributed by atoms with Crippen molar-refractivity contribution in [1.29, 1.82) is 0 Å². The van der Waals surface area contributed by atoms with Gasteiger partial charge in [0.25, 0.3) is 0 Å². The fraction of sp³-hybridized carbons (Fsp3) is 0.400. The molecule has 0 aliphatic carbocycles. The summed E-state index contributed by atoms with van der Waals surface area (Å²) in [6.07, 6.45) is 7.96. The summed E-state index contributed by atoms with van der Waals surface area (Å²) < 4.78 is 0. The molecule has 4 nitrogen and oxygen atoms in total. The summed E-state index contributed by atoms with van der Waals surface area (Å²) in [5.41, 5.74) is 9.01. The van der Waals surface area contributed by atoms with Crippen molar-refractivity contribution in [2.24, 2.45) is 0 Å². The highest BCUT2D eigenvalue weighted by atomic mass is 32.2. The maximum atomic E-state index is 6.12.